The fourth-order valence-electron chi connectivity index (χ4n) is 2.33. The van der Waals surface area contributed by atoms with Crippen molar-refractivity contribution in [1.82, 2.24) is 10.2 Å². The molecule has 0 bridgehead atoms. The maximum Gasteiger partial charge on any atom is 0.119 e. The molecule has 4 nitrogen and oxygen atoms in total. The summed E-state index contributed by atoms with van der Waals surface area (Å²) in [5.74, 6) is 0.919. The zero-order valence-corrected chi connectivity index (χ0v) is 12.6. The van der Waals surface area contributed by atoms with Gasteiger partial charge < -0.3 is 14.8 Å². The van der Waals surface area contributed by atoms with Crippen molar-refractivity contribution in [3.05, 3.63) is 29.8 Å². The highest BCUT2D eigenvalue weighted by molar-refractivity contribution is 5.27. The van der Waals surface area contributed by atoms with Gasteiger partial charge in [0.25, 0.3) is 0 Å². The van der Waals surface area contributed by atoms with Gasteiger partial charge in [0.2, 0.25) is 0 Å². The predicted octanol–water partition coefficient (Wildman–Crippen LogP) is 1.90. The highest BCUT2D eigenvalue weighted by Gasteiger charge is 2.19. The Morgan fingerprint density at radius 2 is 2.10 bits per heavy atom. The summed E-state index contributed by atoms with van der Waals surface area (Å²) < 4.78 is 11.6. The van der Waals surface area contributed by atoms with E-state index >= 15 is 0 Å². The number of benzene rings is 1. The Morgan fingerprint density at radius 1 is 1.30 bits per heavy atom. The topological polar surface area (TPSA) is 33.7 Å². The van der Waals surface area contributed by atoms with Gasteiger partial charge >= 0.3 is 0 Å². The SMILES string of the molecule is CCNCc1ccc(OCC2CN(CC)CCO2)cc1. The fraction of sp³-hybridized carbons (Fsp3) is 0.625. The molecule has 0 amide bonds. The first kappa shape index (κ1) is 15.3. The number of morpholine rings is 1. The molecule has 1 N–H and O–H groups in total. The molecule has 1 aromatic rings. The molecule has 1 saturated heterocycles. The maximum atomic E-state index is 5.83. The summed E-state index contributed by atoms with van der Waals surface area (Å²) in [6, 6.07) is 8.29. The number of likely N-dealkylation sites (N-methyl/N-ethyl adjacent to an activating group) is 1. The minimum absolute atomic E-state index is 0.185. The van der Waals surface area contributed by atoms with E-state index in [1.807, 2.05) is 12.1 Å². The van der Waals surface area contributed by atoms with E-state index in [0.717, 1.165) is 45.1 Å². The Hall–Kier alpha value is -1.10. The van der Waals surface area contributed by atoms with E-state index in [2.05, 4.69) is 36.2 Å². The van der Waals surface area contributed by atoms with Crippen LogP contribution in [0.4, 0.5) is 0 Å². The second-order valence-electron chi connectivity index (χ2n) is 5.12. The van der Waals surface area contributed by atoms with E-state index in [9.17, 15) is 0 Å². The van der Waals surface area contributed by atoms with E-state index in [1.165, 1.54) is 5.56 Å². The third-order valence-electron chi connectivity index (χ3n) is 3.61. The van der Waals surface area contributed by atoms with Crippen LogP contribution in [0.2, 0.25) is 0 Å². The van der Waals surface area contributed by atoms with Crippen LogP contribution < -0.4 is 10.1 Å². The molecule has 0 radical (unpaired) electrons. The molecule has 1 aliphatic heterocycles. The second-order valence-corrected chi connectivity index (χ2v) is 5.12. The third-order valence-corrected chi connectivity index (χ3v) is 3.61. The van der Waals surface area contributed by atoms with Crippen LogP contribution in [-0.4, -0.2) is 50.4 Å². The monoisotopic (exact) mass is 278 g/mol. The zero-order valence-electron chi connectivity index (χ0n) is 12.6. The molecule has 2 rings (SSSR count). The summed E-state index contributed by atoms with van der Waals surface area (Å²) in [5.41, 5.74) is 1.28. The Labute approximate surface area is 122 Å². The Morgan fingerprint density at radius 3 is 2.80 bits per heavy atom. The molecule has 1 fully saturated rings. The molecule has 0 aromatic heterocycles. The lowest BCUT2D eigenvalue weighted by molar-refractivity contribution is -0.0464. The molecule has 0 spiro atoms. The second kappa shape index (κ2) is 8.25. The number of hydrogen-bond donors (Lipinski definition) is 1. The molecule has 0 saturated carbocycles. The van der Waals surface area contributed by atoms with E-state index in [4.69, 9.17) is 9.47 Å². The molecule has 1 atom stereocenters. The average molecular weight is 278 g/mol. The van der Waals surface area contributed by atoms with Crippen LogP contribution in [-0.2, 0) is 11.3 Å². The Kier molecular flexibility index (Phi) is 6.30. The van der Waals surface area contributed by atoms with Crippen molar-refractivity contribution >= 4 is 0 Å². The van der Waals surface area contributed by atoms with E-state index in [0.29, 0.717) is 6.61 Å². The molecule has 1 aromatic carbocycles. The van der Waals surface area contributed by atoms with E-state index in [1.54, 1.807) is 0 Å². The molecular weight excluding hydrogens is 252 g/mol. The van der Waals surface area contributed by atoms with Crippen LogP contribution in [0.1, 0.15) is 19.4 Å². The van der Waals surface area contributed by atoms with Gasteiger partial charge in [-0.3, -0.25) is 4.90 Å². The average Bonchev–Trinajstić information content (AvgIpc) is 2.52. The standard InChI is InChI=1S/C16H26N2O2/c1-3-17-11-14-5-7-15(8-6-14)20-13-16-12-18(4-2)9-10-19-16/h5-8,16-17H,3-4,9-13H2,1-2H3. The lowest BCUT2D eigenvalue weighted by Gasteiger charge is -2.31. The molecule has 0 aliphatic carbocycles. The van der Waals surface area contributed by atoms with Gasteiger partial charge in [0.05, 0.1) is 6.61 Å². The zero-order chi connectivity index (χ0) is 14.2. The molecule has 1 heterocycles. The van der Waals surface area contributed by atoms with Crippen molar-refractivity contribution in [2.24, 2.45) is 0 Å². The van der Waals surface area contributed by atoms with E-state index < -0.39 is 0 Å². The molecule has 1 unspecified atom stereocenters. The molecule has 4 heteroatoms. The van der Waals surface area contributed by atoms with Crippen molar-refractivity contribution in [3.63, 3.8) is 0 Å². The van der Waals surface area contributed by atoms with Crippen molar-refractivity contribution < 1.29 is 9.47 Å². The quantitative estimate of drug-likeness (QED) is 0.826. The minimum atomic E-state index is 0.185. The normalized spacial score (nSPS) is 20.0. The number of nitrogens with one attached hydrogen (secondary N) is 1. The van der Waals surface area contributed by atoms with Gasteiger partial charge in [-0.25, -0.2) is 0 Å². The van der Waals surface area contributed by atoms with Gasteiger partial charge in [-0.1, -0.05) is 26.0 Å². The lowest BCUT2D eigenvalue weighted by atomic mass is 10.2. The van der Waals surface area contributed by atoms with Crippen LogP contribution >= 0.6 is 0 Å². The summed E-state index contributed by atoms with van der Waals surface area (Å²) in [6.07, 6.45) is 0.185. The van der Waals surface area contributed by atoms with Crippen molar-refractivity contribution in [2.75, 3.05) is 39.4 Å². The summed E-state index contributed by atoms with van der Waals surface area (Å²) in [7, 11) is 0. The van der Waals surface area contributed by atoms with Crippen molar-refractivity contribution in [1.29, 1.82) is 0 Å². The molecule has 112 valence electrons. The number of ether oxygens (including phenoxy) is 2. The largest absolute Gasteiger partial charge is 0.491 e. The van der Waals surface area contributed by atoms with Gasteiger partial charge in [0, 0.05) is 19.6 Å². The van der Waals surface area contributed by atoms with Gasteiger partial charge in [0.15, 0.2) is 0 Å². The maximum absolute atomic E-state index is 5.83. The predicted molar refractivity (Wildman–Crippen MR) is 81.2 cm³/mol. The van der Waals surface area contributed by atoms with Crippen molar-refractivity contribution in [2.45, 2.75) is 26.5 Å². The molecule has 20 heavy (non-hydrogen) atoms. The van der Waals surface area contributed by atoms with Crippen molar-refractivity contribution in [3.8, 4) is 5.75 Å². The molecule has 1 aliphatic rings. The van der Waals surface area contributed by atoms with Crippen LogP contribution in [0.25, 0.3) is 0 Å². The summed E-state index contributed by atoms with van der Waals surface area (Å²) in [5, 5.41) is 3.31. The summed E-state index contributed by atoms with van der Waals surface area (Å²) in [6.45, 7) is 10.7. The van der Waals surface area contributed by atoms with Gasteiger partial charge in [-0.15, -0.1) is 0 Å². The minimum Gasteiger partial charge on any atom is -0.491 e. The first-order valence-electron chi connectivity index (χ1n) is 7.58. The van der Waals surface area contributed by atoms with Gasteiger partial charge in [-0.05, 0) is 30.8 Å². The highest BCUT2D eigenvalue weighted by atomic mass is 16.5. The molecular formula is C16H26N2O2. The summed E-state index contributed by atoms with van der Waals surface area (Å²) in [4.78, 5) is 2.40. The van der Waals surface area contributed by atoms with Crippen LogP contribution in [0, 0.1) is 0 Å². The number of rotatable bonds is 7. The smallest absolute Gasteiger partial charge is 0.119 e. The van der Waals surface area contributed by atoms with Gasteiger partial charge in [-0.2, -0.15) is 0 Å². The number of nitrogens with zero attached hydrogens (tertiary/aromatic N) is 1. The summed E-state index contributed by atoms with van der Waals surface area (Å²) >= 11 is 0. The van der Waals surface area contributed by atoms with Gasteiger partial charge in [0.1, 0.15) is 18.5 Å². The first-order chi connectivity index (χ1) is 9.81. The Balaban J connectivity index is 1.75. The fourth-order valence-corrected chi connectivity index (χ4v) is 2.33. The van der Waals surface area contributed by atoms with E-state index in [-0.39, 0.29) is 6.10 Å². The Bertz CT molecular complexity index is 381. The van der Waals surface area contributed by atoms with Crippen LogP contribution in [0.3, 0.4) is 0 Å². The highest BCUT2D eigenvalue weighted by Crippen LogP contribution is 2.14. The lowest BCUT2D eigenvalue weighted by Crippen LogP contribution is -2.44. The van der Waals surface area contributed by atoms with Crippen LogP contribution in [0.5, 0.6) is 5.75 Å². The third kappa shape index (κ3) is 4.78. The number of hydrogen-bond acceptors (Lipinski definition) is 4. The van der Waals surface area contributed by atoms with Crippen LogP contribution in [0.15, 0.2) is 24.3 Å². The first-order valence-corrected chi connectivity index (χ1v) is 7.58.